The quantitative estimate of drug-likeness (QED) is 0.419. The number of aromatic nitrogens is 4. The van der Waals surface area contributed by atoms with Crippen molar-refractivity contribution in [3.05, 3.63) is 52.0 Å². The molecule has 0 atom stereocenters. The molecule has 0 saturated heterocycles. The van der Waals surface area contributed by atoms with Crippen molar-refractivity contribution in [2.24, 2.45) is 5.92 Å². The van der Waals surface area contributed by atoms with E-state index in [2.05, 4.69) is 39.7 Å². The largest absolute Gasteiger partial charge is 0.351 e. The predicted octanol–water partition coefficient (Wildman–Crippen LogP) is 3.85. The molecular formula is C22H27FN6O2S2. The molecule has 3 rings (SSSR count). The average molecular weight is 491 g/mol. The minimum Gasteiger partial charge on any atom is -0.351 e. The van der Waals surface area contributed by atoms with Gasteiger partial charge in [-0.3, -0.25) is 9.59 Å². The van der Waals surface area contributed by atoms with Crippen molar-refractivity contribution in [2.45, 2.75) is 45.8 Å². The van der Waals surface area contributed by atoms with Gasteiger partial charge >= 0.3 is 0 Å². The molecule has 0 aliphatic heterocycles. The lowest BCUT2D eigenvalue weighted by Crippen LogP contribution is -2.27. The van der Waals surface area contributed by atoms with Crippen LogP contribution in [0.5, 0.6) is 0 Å². The highest BCUT2D eigenvalue weighted by atomic mass is 32.2. The van der Waals surface area contributed by atoms with Crippen LogP contribution >= 0.6 is 23.1 Å². The first-order valence-electron chi connectivity index (χ1n) is 10.6. The first-order valence-corrected chi connectivity index (χ1v) is 12.4. The maximum atomic E-state index is 13.8. The van der Waals surface area contributed by atoms with Crippen molar-refractivity contribution < 1.29 is 14.0 Å². The smallest absolute Gasteiger partial charge is 0.254 e. The number of thioether (sulfide) groups is 1. The fourth-order valence-corrected chi connectivity index (χ4v) is 4.60. The molecule has 0 radical (unpaired) electrons. The van der Waals surface area contributed by atoms with E-state index < -0.39 is 11.7 Å². The number of rotatable bonds is 10. The summed E-state index contributed by atoms with van der Waals surface area (Å²) in [5.41, 5.74) is 0.917. The van der Waals surface area contributed by atoms with E-state index in [-0.39, 0.29) is 23.8 Å². The van der Waals surface area contributed by atoms with E-state index in [0.29, 0.717) is 35.0 Å². The van der Waals surface area contributed by atoms with Gasteiger partial charge in [-0.15, -0.1) is 21.5 Å². The van der Waals surface area contributed by atoms with Crippen LogP contribution in [0.2, 0.25) is 0 Å². The molecule has 2 heterocycles. The summed E-state index contributed by atoms with van der Waals surface area (Å²) in [7, 11) is 0. The summed E-state index contributed by atoms with van der Waals surface area (Å²) in [6, 6.07) is 5.86. The summed E-state index contributed by atoms with van der Waals surface area (Å²) in [6.07, 6.45) is 0.435. The second-order valence-electron chi connectivity index (χ2n) is 7.89. The zero-order valence-electron chi connectivity index (χ0n) is 19.0. The van der Waals surface area contributed by atoms with Crippen LogP contribution in [0.25, 0.3) is 0 Å². The van der Waals surface area contributed by atoms with Crippen LogP contribution in [-0.2, 0) is 17.8 Å². The molecule has 0 unspecified atom stereocenters. The van der Waals surface area contributed by atoms with E-state index in [1.807, 2.05) is 18.4 Å². The maximum absolute atomic E-state index is 13.8. The van der Waals surface area contributed by atoms with E-state index in [4.69, 9.17) is 0 Å². The second-order valence-corrected chi connectivity index (χ2v) is 10.0. The number of carbonyl (C=O) groups is 2. The monoisotopic (exact) mass is 490 g/mol. The van der Waals surface area contributed by atoms with Crippen LogP contribution in [0.15, 0.2) is 29.4 Å². The Hall–Kier alpha value is -2.79. The van der Waals surface area contributed by atoms with Crippen molar-refractivity contribution in [1.82, 2.24) is 25.1 Å². The highest BCUT2D eigenvalue weighted by molar-refractivity contribution is 7.99. The van der Waals surface area contributed by atoms with Gasteiger partial charge in [0.1, 0.15) is 11.6 Å². The van der Waals surface area contributed by atoms with E-state index in [1.54, 1.807) is 12.1 Å². The Balaban J connectivity index is 1.59. The SMILES string of the molecule is Cc1nc(NC(=O)CSc2nnc(CCNC(=O)c3ccccc3F)n2CC(C)C)sc1C. The van der Waals surface area contributed by atoms with E-state index in [0.717, 1.165) is 10.6 Å². The Morgan fingerprint density at radius 1 is 1.21 bits per heavy atom. The van der Waals surface area contributed by atoms with Crippen LogP contribution in [-0.4, -0.2) is 43.9 Å². The van der Waals surface area contributed by atoms with Gasteiger partial charge in [-0.1, -0.05) is 37.7 Å². The molecule has 2 amide bonds. The predicted molar refractivity (Wildman–Crippen MR) is 128 cm³/mol. The lowest BCUT2D eigenvalue weighted by molar-refractivity contribution is -0.113. The summed E-state index contributed by atoms with van der Waals surface area (Å²) in [6.45, 7) is 9.00. The Bertz CT molecular complexity index is 1110. The summed E-state index contributed by atoms with van der Waals surface area (Å²) in [4.78, 5) is 30.0. The number of aryl methyl sites for hydroxylation is 2. The summed E-state index contributed by atoms with van der Waals surface area (Å²) in [5.74, 6) is 0.0260. The number of hydrogen-bond donors (Lipinski definition) is 2. The molecular weight excluding hydrogens is 463 g/mol. The second kappa shape index (κ2) is 11.4. The minimum atomic E-state index is -0.557. The molecule has 0 fully saturated rings. The molecule has 0 bridgehead atoms. The van der Waals surface area contributed by atoms with E-state index >= 15 is 0 Å². The zero-order chi connectivity index (χ0) is 24.0. The number of amides is 2. The van der Waals surface area contributed by atoms with Gasteiger partial charge in [-0.05, 0) is 31.9 Å². The molecule has 176 valence electrons. The number of anilines is 1. The van der Waals surface area contributed by atoms with Gasteiger partial charge in [0.25, 0.3) is 5.91 Å². The van der Waals surface area contributed by atoms with Gasteiger partial charge < -0.3 is 15.2 Å². The highest BCUT2D eigenvalue weighted by Crippen LogP contribution is 2.23. The summed E-state index contributed by atoms with van der Waals surface area (Å²) < 4.78 is 15.8. The third kappa shape index (κ3) is 6.84. The number of thiazole rings is 1. The lowest BCUT2D eigenvalue weighted by atomic mass is 10.2. The van der Waals surface area contributed by atoms with E-state index in [9.17, 15) is 14.0 Å². The van der Waals surface area contributed by atoms with Crippen LogP contribution in [0, 0.1) is 25.6 Å². The fraction of sp³-hybridized carbons (Fsp3) is 0.409. The van der Waals surface area contributed by atoms with Gasteiger partial charge in [0.05, 0.1) is 17.0 Å². The Labute approximate surface area is 200 Å². The Morgan fingerprint density at radius 3 is 2.64 bits per heavy atom. The minimum absolute atomic E-state index is 0.00835. The van der Waals surface area contributed by atoms with E-state index in [1.165, 1.54) is 35.2 Å². The molecule has 2 N–H and O–H groups in total. The Morgan fingerprint density at radius 2 is 1.97 bits per heavy atom. The topological polar surface area (TPSA) is 102 Å². The first-order chi connectivity index (χ1) is 15.7. The van der Waals surface area contributed by atoms with Gasteiger partial charge in [-0.25, -0.2) is 9.37 Å². The van der Waals surface area contributed by atoms with Crippen molar-refractivity contribution in [2.75, 3.05) is 17.6 Å². The van der Waals surface area contributed by atoms with Crippen LogP contribution in [0.1, 0.15) is 40.6 Å². The molecule has 33 heavy (non-hydrogen) atoms. The number of benzene rings is 1. The van der Waals surface area contributed by atoms with Crippen LogP contribution in [0.4, 0.5) is 9.52 Å². The van der Waals surface area contributed by atoms with Crippen molar-refractivity contribution >= 4 is 40.0 Å². The number of nitrogens with zero attached hydrogens (tertiary/aromatic N) is 4. The average Bonchev–Trinajstić information content (AvgIpc) is 3.28. The van der Waals surface area contributed by atoms with Gasteiger partial charge in [0, 0.05) is 24.4 Å². The Kier molecular flexibility index (Phi) is 8.56. The zero-order valence-corrected chi connectivity index (χ0v) is 20.6. The van der Waals surface area contributed by atoms with Crippen LogP contribution in [0.3, 0.4) is 0 Å². The standard InChI is InChI=1S/C22H27FN6O2S2/c1-13(2)11-29-18(9-10-24-20(31)16-7-5-6-8-17(16)23)27-28-22(29)32-12-19(30)26-21-25-14(3)15(4)33-21/h5-8,13H,9-12H2,1-4H3,(H,24,31)(H,25,26,30). The highest BCUT2D eigenvalue weighted by Gasteiger charge is 2.17. The molecule has 2 aromatic heterocycles. The number of halogens is 1. The lowest BCUT2D eigenvalue weighted by Gasteiger charge is -2.13. The molecule has 11 heteroatoms. The van der Waals surface area contributed by atoms with Gasteiger partial charge in [0.15, 0.2) is 10.3 Å². The molecule has 3 aromatic rings. The fourth-order valence-electron chi connectivity index (χ4n) is 3.00. The van der Waals surface area contributed by atoms with Crippen LogP contribution < -0.4 is 10.6 Å². The molecule has 0 aliphatic carbocycles. The molecule has 0 aliphatic rings. The molecule has 8 nitrogen and oxygen atoms in total. The number of hydrogen-bond acceptors (Lipinski definition) is 7. The third-order valence-corrected chi connectivity index (χ3v) is 6.66. The van der Waals surface area contributed by atoms with Crippen molar-refractivity contribution in [3.63, 3.8) is 0 Å². The maximum Gasteiger partial charge on any atom is 0.254 e. The van der Waals surface area contributed by atoms with Gasteiger partial charge in [0.2, 0.25) is 5.91 Å². The van der Waals surface area contributed by atoms with Crippen molar-refractivity contribution in [1.29, 1.82) is 0 Å². The first kappa shape index (κ1) is 24.8. The molecule has 1 aromatic carbocycles. The summed E-state index contributed by atoms with van der Waals surface area (Å²) in [5, 5.41) is 15.3. The number of nitrogens with one attached hydrogen (secondary N) is 2. The number of carbonyl (C=O) groups excluding carboxylic acids is 2. The van der Waals surface area contributed by atoms with Crippen molar-refractivity contribution in [3.8, 4) is 0 Å². The third-order valence-electron chi connectivity index (χ3n) is 4.70. The summed E-state index contributed by atoms with van der Waals surface area (Å²) >= 11 is 2.75. The van der Waals surface area contributed by atoms with Gasteiger partial charge in [-0.2, -0.15) is 0 Å². The molecule has 0 spiro atoms. The normalized spacial score (nSPS) is 11.1. The molecule has 0 saturated carbocycles.